The van der Waals surface area contributed by atoms with Gasteiger partial charge in [-0.15, -0.1) is 0 Å². The van der Waals surface area contributed by atoms with Crippen LogP contribution in [-0.4, -0.2) is 38.4 Å². The lowest BCUT2D eigenvalue weighted by molar-refractivity contribution is -0.143. The first-order valence-electron chi connectivity index (χ1n) is 5.56. The highest BCUT2D eigenvalue weighted by Crippen LogP contribution is 2.24. The summed E-state index contributed by atoms with van der Waals surface area (Å²) in [6.07, 6.45) is 4.14. The monoisotopic (exact) mass is 238 g/mol. The summed E-state index contributed by atoms with van der Waals surface area (Å²) in [5.74, 6) is -1.45. The zero-order valence-corrected chi connectivity index (χ0v) is 9.22. The largest absolute Gasteiger partial charge is 0.481 e. The van der Waals surface area contributed by atoms with Crippen molar-refractivity contribution in [3.05, 3.63) is 11.9 Å². The minimum atomic E-state index is -0.787. The normalized spacial score (nSPS) is 24.2. The van der Waals surface area contributed by atoms with Gasteiger partial charge in [0.1, 0.15) is 0 Å². The number of carbonyl (C=O) groups excluding carboxylic acids is 1. The third-order valence-electron chi connectivity index (χ3n) is 3.01. The van der Waals surface area contributed by atoms with E-state index in [-0.39, 0.29) is 23.6 Å². The van der Waals surface area contributed by atoms with Gasteiger partial charge in [0, 0.05) is 6.04 Å². The molecule has 17 heavy (non-hydrogen) atoms. The Morgan fingerprint density at radius 1 is 1.47 bits per heavy atom. The molecule has 1 aromatic heterocycles. The Morgan fingerprint density at radius 2 is 2.29 bits per heavy atom. The fourth-order valence-corrected chi connectivity index (χ4v) is 2.12. The number of hydrogen-bond donors (Lipinski definition) is 3. The van der Waals surface area contributed by atoms with E-state index in [4.69, 9.17) is 5.11 Å². The highest BCUT2D eigenvalue weighted by Gasteiger charge is 2.28. The van der Waals surface area contributed by atoms with Crippen LogP contribution in [0.2, 0.25) is 0 Å². The number of carboxylic acid groups (broad SMARTS) is 1. The van der Waals surface area contributed by atoms with Gasteiger partial charge in [-0.3, -0.25) is 9.59 Å². The van der Waals surface area contributed by atoms with Gasteiger partial charge < -0.3 is 10.4 Å². The molecule has 1 amide bonds. The van der Waals surface area contributed by atoms with Crippen LogP contribution in [-0.2, 0) is 4.79 Å². The van der Waals surface area contributed by atoms with Gasteiger partial charge in [0.05, 0.1) is 12.1 Å². The summed E-state index contributed by atoms with van der Waals surface area (Å²) >= 11 is 0. The van der Waals surface area contributed by atoms with Crippen molar-refractivity contribution in [2.75, 3.05) is 0 Å². The molecule has 0 radical (unpaired) electrons. The number of aromatic nitrogens is 3. The van der Waals surface area contributed by atoms with E-state index >= 15 is 0 Å². The SMILES string of the molecule is O=C(NC1CCCC(C(=O)O)C1)c1cn[nH]n1. The van der Waals surface area contributed by atoms with Crippen molar-refractivity contribution in [2.24, 2.45) is 5.92 Å². The second kappa shape index (κ2) is 4.94. The van der Waals surface area contributed by atoms with Gasteiger partial charge >= 0.3 is 5.97 Å². The maximum atomic E-state index is 11.7. The predicted octanol–water partition coefficient (Wildman–Crippen LogP) is 0.178. The molecule has 0 saturated heterocycles. The minimum Gasteiger partial charge on any atom is -0.481 e. The molecule has 2 atom stereocenters. The van der Waals surface area contributed by atoms with E-state index in [1.807, 2.05) is 0 Å². The van der Waals surface area contributed by atoms with E-state index in [0.717, 1.165) is 12.8 Å². The average molecular weight is 238 g/mol. The highest BCUT2D eigenvalue weighted by molar-refractivity contribution is 5.92. The first-order valence-corrected chi connectivity index (χ1v) is 5.56. The van der Waals surface area contributed by atoms with Crippen LogP contribution in [0.15, 0.2) is 6.20 Å². The Balaban J connectivity index is 1.91. The molecule has 2 unspecified atom stereocenters. The van der Waals surface area contributed by atoms with Crippen molar-refractivity contribution in [1.29, 1.82) is 0 Å². The number of carboxylic acids is 1. The Labute approximate surface area is 97.6 Å². The number of hydrogen-bond acceptors (Lipinski definition) is 4. The Kier molecular flexibility index (Phi) is 3.36. The Bertz CT molecular complexity index is 404. The number of nitrogens with zero attached hydrogens (tertiary/aromatic N) is 2. The quantitative estimate of drug-likeness (QED) is 0.696. The lowest BCUT2D eigenvalue weighted by Gasteiger charge is -2.26. The van der Waals surface area contributed by atoms with Crippen molar-refractivity contribution in [3.63, 3.8) is 0 Å². The van der Waals surface area contributed by atoms with Crippen LogP contribution in [0.1, 0.15) is 36.2 Å². The fraction of sp³-hybridized carbons (Fsp3) is 0.600. The highest BCUT2D eigenvalue weighted by atomic mass is 16.4. The standard InChI is InChI=1S/C10H14N4O3/c15-9(8-5-11-14-13-8)12-7-3-1-2-6(4-7)10(16)17/h5-7H,1-4H2,(H,12,15)(H,16,17)(H,11,13,14). The number of aliphatic carboxylic acids is 1. The molecular formula is C10H14N4O3. The summed E-state index contributed by atoms with van der Waals surface area (Å²) in [5.41, 5.74) is 0.224. The molecule has 0 aromatic carbocycles. The molecule has 1 fully saturated rings. The van der Waals surface area contributed by atoms with Crippen molar-refractivity contribution < 1.29 is 14.7 Å². The zero-order chi connectivity index (χ0) is 12.3. The van der Waals surface area contributed by atoms with Crippen LogP contribution in [0.4, 0.5) is 0 Å². The van der Waals surface area contributed by atoms with Gasteiger partial charge in [-0.05, 0) is 19.3 Å². The van der Waals surface area contributed by atoms with E-state index < -0.39 is 5.97 Å². The Hall–Kier alpha value is -1.92. The molecule has 0 bridgehead atoms. The number of carbonyl (C=O) groups is 2. The third-order valence-corrected chi connectivity index (χ3v) is 3.01. The molecule has 3 N–H and O–H groups in total. The lowest BCUT2D eigenvalue weighted by Crippen LogP contribution is -2.40. The van der Waals surface area contributed by atoms with Gasteiger partial charge in [0.15, 0.2) is 5.69 Å². The third kappa shape index (κ3) is 2.80. The molecule has 1 aliphatic carbocycles. The van der Waals surface area contributed by atoms with Gasteiger partial charge in [0.2, 0.25) is 0 Å². The van der Waals surface area contributed by atoms with Crippen molar-refractivity contribution >= 4 is 11.9 Å². The molecule has 92 valence electrons. The second-order valence-electron chi connectivity index (χ2n) is 4.23. The van der Waals surface area contributed by atoms with Crippen molar-refractivity contribution in [2.45, 2.75) is 31.7 Å². The van der Waals surface area contributed by atoms with Gasteiger partial charge in [-0.1, -0.05) is 6.42 Å². The molecule has 1 heterocycles. The van der Waals surface area contributed by atoms with Crippen LogP contribution in [0.5, 0.6) is 0 Å². The molecular weight excluding hydrogens is 224 g/mol. The summed E-state index contributed by atoms with van der Waals surface area (Å²) < 4.78 is 0. The topological polar surface area (TPSA) is 108 Å². The lowest BCUT2D eigenvalue weighted by atomic mass is 9.86. The molecule has 2 rings (SSSR count). The van der Waals surface area contributed by atoms with Gasteiger partial charge in [-0.2, -0.15) is 15.4 Å². The zero-order valence-electron chi connectivity index (χ0n) is 9.22. The second-order valence-corrected chi connectivity index (χ2v) is 4.23. The summed E-state index contributed by atoms with van der Waals surface area (Å²) in [6, 6.07) is -0.0888. The smallest absolute Gasteiger partial charge is 0.306 e. The molecule has 1 saturated carbocycles. The maximum Gasteiger partial charge on any atom is 0.306 e. The molecule has 0 spiro atoms. The molecule has 7 nitrogen and oxygen atoms in total. The maximum absolute atomic E-state index is 11.7. The number of rotatable bonds is 3. The fourth-order valence-electron chi connectivity index (χ4n) is 2.12. The van der Waals surface area contributed by atoms with Crippen LogP contribution in [0.25, 0.3) is 0 Å². The molecule has 1 aliphatic rings. The van der Waals surface area contributed by atoms with Crippen LogP contribution >= 0.6 is 0 Å². The van der Waals surface area contributed by atoms with Crippen LogP contribution < -0.4 is 5.32 Å². The first-order chi connectivity index (χ1) is 8.16. The minimum absolute atomic E-state index is 0.0888. The van der Waals surface area contributed by atoms with Crippen molar-refractivity contribution in [3.8, 4) is 0 Å². The molecule has 0 aliphatic heterocycles. The van der Waals surface area contributed by atoms with Crippen molar-refractivity contribution in [1.82, 2.24) is 20.7 Å². The van der Waals surface area contributed by atoms with Crippen LogP contribution in [0, 0.1) is 5.92 Å². The van der Waals surface area contributed by atoms with E-state index in [1.54, 1.807) is 0 Å². The van der Waals surface area contributed by atoms with E-state index in [9.17, 15) is 9.59 Å². The van der Waals surface area contributed by atoms with E-state index in [2.05, 4.69) is 20.7 Å². The first kappa shape index (κ1) is 11.6. The van der Waals surface area contributed by atoms with Gasteiger partial charge in [0.25, 0.3) is 5.91 Å². The molecule has 7 heteroatoms. The van der Waals surface area contributed by atoms with E-state index in [0.29, 0.717) is 12.8 Å². The summed E-state index contributed by atoms with van der Waals surface area (Å²) in [7, 11) is 0. The summed E-state index contributed by atoms with van der Waals surface area (Å²) in [6.45, 7) is 0. The number of amides is 1. The number of aromatic amines is 1. The average Bonchev–Trinajstić information content (AvgIpc) is 2.82. The van der Waals surface area contributed by atoms with E-state index in [1.165, 1.54) is 6.20 Å². The number of H-pyrrole nitrogens is 1. The van der Waals surface area contributed by atoms with Gasteiger partial charge in [-0.25, -0.2) is 0 Å². The summed E-state index contributed by atoms with van der Waals surface area (Å²) in [5, 5.41) is 21.3. The predicted molar refractivity (Wildman–Crippen MR) is 57.2 cm³/mol. The number of nitrogens with one attached hydrogen (secondary N) is 2. The Morgan fingerprint density at radius 3 is 2.94 bits per heavy atom. The van der Waals surface area contributed by atoms with Crippen LogP contribution in [0.3, 0.4) is 0 Å². The summed E-state index contributed by atoms with van der Waals surface area (Å²) in [4.78, 5) is 22.5. The molecule has 1 aromatic rings.